The molecular weight excluding hydrogens is 537 g/mol. The van der Waals surface area contributed by atoms with Crippen LogP contribution in [0.1, 0.15) is 42.6 Å². The molecule has 0 aliphatic rings. The average molecular weight is 568 g/mol. The minimum Gasteiger partial charge on any atom is -0.457 e. The van der Waals surface area contributed by atoms with Gasteiger partial charge in [-0.2, -0.15) is 5.10 Å². The van der Waals surface area contributed by atoms with Gasteiger partial charge in [0.1, 0.15) is 28.8 Å². The summed E-state index contributed by atoms with van der Waals surface area (Å²) >= 11 is 0. The number of aryl methyl sites for hydroxylation is 1. The Kier molecular flexibility index (Phi) is 7.58. The van der Waals surface area contributed by atoms with E-state index in [0.717, 1.165) is 34.0 Å². The molecule has 0 unspecified atom stereocenters. The number of rotatable bonds is 6. The van der Waals surface area contributed by atoms with Gasteiger partial charge in [0.2, 0.25) is 0 Å². The minimum atomic E-state index is -0.704. The smallest absolute Gasteiger partial charge is 0.324 e. The van der Waals surface area contributed by atoms with Gasteiger partial charge < -0.3 is 15.4 Å². The number of amides is 3. The molecule has 0 bridgehead atoms. The van der Waals surface area contributed by atoms with E-state index < -0.39 is 11.8 Å². The number of fused-ring (bicyclic) bond motifs is 1. The molecule has 0 aliphatic heterocycles. The van der Waals surface area contributed by atoms with E-state index >= 15 is 0 Å². The number of urea groups is 1. The van der Waals surface area contributed by atoms with Crippen molar-refractivity contribution in [3.8, 4) is 17.2 Å². The normalized spacial score (nSPS) is 11.3. The Morgan fingerprint density at radius 1 is 0.929 bits per heavy atom. The van der Waals surface area contributed by atoms with Gasteiger partial charge in [0.05, 0.1) is 22.6 Å². The third-order valence-corrected chi connectivity index (χ3v) is 6.39. The Hall–Kier alpha value is -5.32. The van der Waals surface area contributed by atoms with Crippen LogP contribution in [0.25, 0.3) is 16.6 Å². The van der Waals surface area contributed by atoms with Crippen LogP contribution in [-0.4, -0.2) is 38.7 Å². The number of hydrogen-bond donors (Lipinski definition) is 3. The van der Waals surface area contributed by atoms with Gasteiger partial charge in [-0.3, -0.25) is 20.1 Å². The largest absolute Gasteiger partial charge is 0.457 e. The summed E-state index contributed by atoms with van der Waals surface area (Å²) < 4.78 is 22.3. The van der Waals surface area contributed by atoms with E-state index in [4.69, 9.17) is 9.84 Å². The van der Waals surface area contributed by atoms with Gasteiger partial charge in [0.25, 0.3) is 5.91 Å². The minimum absolute atomic E-state index is 0.0464. The predicted octanol–water partition coefficient (Wildman–Crippen LogP) is 6.36. The molecule has 0 radical (unpaired) electrons. The molecule has 5 aromatic rings. The van der Waals surface area contributed by atoms with Crippen molar-refractivity contribution in [3.05, 3.63) is 95.8 Å². The number of benzene rings is 2. The number of hydrogen-bond acceptors (Lipinski definition) is 6. The average Bonchev–Trinajstić information content (AvgIpc) is 3.38. The molecular formula is C31H30FN7O3. The van der Waals surface area contributed by atoms with Crippen molar-refractivity contribution in [3.63, 3.8) is 0 Å². The molecule has 0 atom stereocenters. The van der Waals surface area contributed by atoms with Crippen LogP contribution >= 0.6 is 0 Å². The van der Waals surface area contributed by atoms with Crippen LogP contribution in [-0.2, 0) is 5.41 Å². The lowest BCUT2D eigenvalue weighted by Crippen LogP contribution is -2.22. The van der Waals surface area contributed by atoms with E-state index in [0.29, 0.717) is 11.6 Å². The number of pyridine rings is 2. The summed E-state index contributed by atoms with van der Waals surface area (Å²) in [5.74, 6) is -0.169. The zero-order valence-electron chi connectivity index (χ0n) is 23.8. The van der Waals surface area contributed by atoms with Gasteiger partial charge >= 0.3 is 6.03 Å². The molecule has 42 heavy (non-hydrogen) atoms. The van der Waals surface area contributed by atoms with Crippen LogP contribution in [0.5, 0.6) is 11.5 Å². The fourth-order valence-corrected chi connectivity index (χ4v) is 4.17. The quantitative estimate of drug-likeness (QED) is 0.220. The number of carbonyl (C=O) groups excluding carboxylic acids is 2. The monoisotopic (exact) mass is 567 g/mol. The lowest BCUT2D eigenvalue weighted by molar-refractivity contribution is 0.0957. The Morgan fingerprint density at radius 2 is 1.71 bits per heavy atom. The number of anilines is 2. The maximum Gasteiger partial charge on any atom is 0.324 e. The third kappa shape index (κ3) is 6.20. The van der Waals surface area contributed by atoms with Crippen LogP contribution in [0.2, 0.25) is 0 Å². The zero-order chi connectivity index (χ0) is 30.0. The molecule has 0 saturated heterocycles. The molecule has 0 spiro atoms. The van der Waals surface area contributed by atoms with Crippen LogP contribution in [0.4, 0.5) is 20.7 Å². The standard InChI is InChI=1S/C31H30FN7O3/c1-18-6-7-19-14-20(8-10-24(19)35-18)39-28(17-27(38-39)31(2,3)4)37-30(41)36-25-11-9-21(15-23(25)32)42-22-12-13-34-26(16-22)29(40)33-5/h6-17H,1-5H3,(H,33,40)(H2,36,37,41). The first-order chi connectivity index (χ1) is 20.0. The van der Waals surface area contributed by atoms with Crippen molar-refractivity contribution < 1.29 is 18.7 Å². The Bertz CT molecular complexity index is 1810. The topological polar surface area (TPSA) is 123 Å². The summed E-state index contributed by atoms with van der Waals surface area (Å²) in [6.07, 6.45) is 1.42. The maximum atomic E-state index is 15.0. The third-order valence-electron chi connectivity index (χ3n) is 6.39. The van der Waals surface area contributed by atoms with Crippen LogP contribution in [0, 0.1) is 12.7 Å². The molecule has 3 amide bonds. The van der Waals surface area contributed by atoms with Crippen molar-refractivity contribution in [2.75, 3.05) is 17.7 Å². The van der Waals surface area contributed by atoms with Gasteiger partial charge in [0.15, 0.2) is 0 Å². The van der Waals surface area contributed by atoms with Crippen molar-refractivity contribution in [2.45, 2.75) is 33.1 Å². The highest BCUT2D eigenvalue weighted by Gasteiger charge is 2.22. The second kappa shape index (κ2) is 11.3. The fourth-order valence-electron chi connectivity index (χ4n) is 4.17. The van der Waals surface area contributed by atoms with Crippen molar-refractivity contribution >= 4 is 34.3 Å². The molecule has 2 aromatic carbocycles. The highest BCUT2D eigenvalue weighted by Crippen LogP contribution is 2.29. The number of nitrogens with zero attached hydrogens (tertiary/aromatic N) is 4. The molecule has 0 aliphatic carbocycles. The molecule has 0 fully saturated rings. The first-order valence-corrected chi connectivity index (χ1v) is 13.2. The Labute approximate surface area is 242 Å². The SMILES string of the molecule is CNC(=O)c1cc(Oc2ccc(NC(=O)Nc3cc(C(C)(C)C)nn3-c3ccc4nc(C)ccc4c3)c(F)c2)ccn1. The van der Waals surface area contributed by atoms with E-state index in [1.54, 1.807) is 16.8 Å². The highest BCUT2D eigenvalue weighted by atomic mass is 19.1. The first-order valence-electron chi connectivity index (χ1n) is 13.2. The lowest BCUT2D eigenvalue weighted by atomic mass is 9.92. The summed E-state index contributed by atoms with van der Waals surface area (Å²) in [5.41, 5.74) is 3.11. The van der Waals surface area contributed by atoms with Gasteiger partial charge in [-0.05, 0) is 49.4 Å². The summed E-state index contributed by atoms with van der Waals surface area (Å²) in [4.78, 5) is 33.4. The van der Waals surface area contributed by atoms with Crippen molar-refractivity contribution in [1.82, 2.24) is 25.1 Å². The van der Waals surface area contributed by atoms with E-state index in [1.165, 1.54) is 31.4 Å². The first kappa shape index (κ1) is 28.2. The number of carbonyl (C=O) groups is 2. The van der Waals surface area contributed by atoms with Crippen molar-refractivity contribution in [1.29, 1.82) is 0 Å². The molecule has 3 aromatic heterocycles. The zero-order valence-corrected chi connectivity index (χ0v) is 23.8. The molecule has 11 heteroatoms. The lowest BCUT2D eigenvalue weighted by Gasteiger charge is -2.14. The van der Waals surface area contributed by atoms with Gasteiger partial charge in [-0.15, -0.1) is 0 Å². The van der Waals surface area contributed by atoms with Crippen LogP contribution in [0.15, 0.2) is 72.9 Å². The van der Waals surface area contributed by atoms with Gasteiger partial charge in [-0.1, -0.05) is 26.8 Å². The van der Waals surface area contributed by atoms with Gasteiger partial charge in [-0.25, -0.2) is 13.9 Å². The summed E-state index contributed by atoms with van der Waals surface area (Å²) in [7, 11) is 1.49. The summed E-state index contributed by atoms with van der Waals surface area (Å²) in [5, 5.41) is 13.5. The van der Waals surface area contributed by atoms with E-state index in [1.807, 2.05) is 58.0 Å². The van der Waals surface area contributed by atoms with Crippen LogP contribution in [0.3, 0.4) is 0 Å². The second-order valence-corrected chi connectivity index (χ2v) is 10.7. The van der Waals surface area contributed by atoms with E-state index in [9.17, 15) is 14.0 Å². The number of nitrogens with one attached hydrogen (secondary N) is 3. The van der Waals surface area contributed by atoms with Crippen molar-refractivity contribution in [2.24, 2.45) is 0 Å². The molecule has 3 heterocycles. The number of aromatic nitrogens is 4. The molecule has 5 rings (SSSR count). The van der Waals surface area contributed by atoms with E-state index in [-0.39, 0.29) is 28.5 Å². The molecule has 3 N–H and O–H groups in total. The predicted molar refractivity (Wildman–Crippen MR) is 159 cm³/mol. The Balaban J connectivity index is 1.35. The summed E-state index contributed by atoms with van der Waals surface area (Å²) in [6.45, 7) is 8.02. The highest BCUT2D eigenvalue weighted by molar-refractivity contribution is 5.99. The van der Waals surface area contributed by atoms with E-state index in [2.05, 4.69) is 25.9 Å². The molecule has 10 nitrogen and oxygen atoms in total. The Morgan fingerprint density at radius 3 is 2.45 bits per heavy atom. The second-order valence-electron chi connectivity index (χ2n) is 10.7. The summed E-state index contributed by atoms with van der Waals surface area (Å²) in [6, 6.07) is 17.8. The fraction of sp³-hybridized carbons (Fsp3) is 0.194. The maximum absolute atomic E-state index is 15.0. The van der Waals surface area contributed by atoms with Gasteiger partial charge in [0, 0.05) is 47.9 Å². The molecule has 0 saturated carbocycles. The molecule has 214 valence electrons. The van der Waals surface area contributed by atoms with Crippen LogP contribution < -0.4 is 20.7 Å². The number of ether oxygens (including phenoxy) is 1. The number of halogens is 1.